The molecule has 4 aliphatic rings. The van der Waals surface area contributed by atoms with Crippen LogP contribution >= 0.6 is 0 Å². The number of carbonyl (C=O) groups is 1. The molecule has 0 aromatic heterocycles. The SMILES string of the molecule is CC(=O)OC(CN=[N+]=[N-])B1O[C@@H]2CC3CC(C3(C)C)[C@]2(C)O1. The normalized spacial score (nSPS) is 39.3. The Labute approximate surface area is 130 Å². The average Bonchev–Trinajstić information content (AvgIpc) is 2.79. The van der Waals surface area contributed by atoms with Crippen LogP contribution in [0.1, 0.15) is 40.5 Å². The molecule has 4 rings (SSSR count). The van der Waals surface area contributed by atoms with E-state index in [1.54, 1.807) is 0 Å². The fourth-order valence-electron chi connectivity index (χ4n) is 4.57. The first-order valence-corrected chi connectivity index (χ1v) is 7.80. The molecule has 0 aromatic carbocycles. The average molecular weight is 307 g/mol. The highest BCUT2D eigenvalue weighted by atomic mass is 16.7. The van der Waals surface area contributed by atoms with E-state index in [0.29, 0.717) is 11.8 Å². The molecule has 0 spiro atoms. The molecular formula is C14H22BN3O4. The van der Waals surface area contributed by atoms with Crippen molar-refractivity contribution in [3.8, 4) is 0 Å². The maximum absolute atomic E-state index is 11.3. The minimum Gasteiger partial charge on any atom is -0.465 e. The number of azide groups is 1. The predicted octanol–water partition coefficient (Wildman–Crippen LogP) is 2.50. The lowest BCUT2D eigenvalue weighted by atomic mass is 9.43. The molecule has 3 saturated carbocycles. The van der Waals surface area contributed by atoms with Gasteiger partial charge in [-0.3, -0.25) is 4.79 Å². The van der Waals surface area contributed by atoms with Gasteiger partial charge in [0.25, 0.3) is 0 Å². The van der Waals surface area contributed by atoms with Crippen LogP contribution in [0.4, 0.5) is 0 Å². The molecule has 120 valence electrons. The van der Waals surface area contributed by atoms with Gasteiger partial charge in [-0.15, -0.1) is 0 Å². The molecule has 0 radical (unpaired) electrons. The highest BCUT2D eigenvalue weighted by molar-refractivity contribution is 6.47. The zero-order valence-corrected chi connectivity index (χ0v) is 13.5. The summed E-state index contributed by atoms with van der Waals surface area (Å²) >= 11 is 0. The minimum absolute atomic E-state index is 0.0124. The third-order valence-corrected chi connectivity index (χ3v) is 5.91. The second-order valence-corrected chi connectivity index (χ2v) is 7.40. The Morgan fingerprint density at radius 3 is 2.82 bits per heavy atom. The number of hydrogen-bond donors (Lipinski definition) is 0. The van der Waals surface area contributed by atoms with Gasteiger partial charge in [-0.1, -0.05) is 19.0 Å². The van der Waals surface area contributed by atoms with Gasteiger partial charge in [0.1, 0.15) is 6.00 Å². The lowest BCUT2D eigenvalue weighted by molar-refractivity contribution is -0.199. The van der Waals surface area contributed by atoms with Crippen molar-refractivity contribution in [2.45, 2.75) is 58.2 Å². The summed E-state index contributed by atoms with van der Waals surface area (Å²) in [5.41, 5.74) is 8.39. The Hall–Kier alpha value is -1.24. The van der Waals surface area contributed by atoms with Gasteiger partial charge >= 0.3 is 13.1 Å². The fraction of sp³-hybridized carbons (Fsp3) is 0.929. The molecule has 2 bridgehead atoms. The van der Waals surface area contributed by atoms with Crippen molar-refractivity contribution < 1.29 is 18.8 Å². The van der Waals surface area contributed by atoms with Crippen LogP contribution in [-0.4, -0.2) is 37.3 Å². The molecule has 0 amide bonds. The van der Waals surface area contributed by atoms with Gasteiger partial charge in [-0.2, -0.15) is 0 Å². The first-order chi connectivity index (χ1) is 10.3. The topological polar surface area (TPSA) is 93.5 Å². The summed E-state index contributed by atoms with van der Waals surface area (Å²) in [5.74, 6) is 0.656. The van der Waals surface area contributed by atoms with Crippen LogP contribution in [0, 0.1) is 17.3 Å². The molecule has 3 unspecified atom stereocenters. The third kappa shape index (κ3) is 2.21. The lowest BCUT2D eigenvalue weighted by Gasteiger charge is -2.64. The van der Waals surface area contributed by atoms with Gasteiger partial charge in [-0.25, -0.2) is 0 Å². The van der Waals surface area contributed by atoms with E-state index < -0.39 is 19.1 Å². The van der Waals surface area contributed by atoms with Gasteiger partial charge in [0.05, 0.1) is 18.2 Å². The van der Waals surface area contributed by atoms with E-state index in [1.807, 2.05) is 0 Å². The van der Waals surface area contributed by atoms with Crippen LogP contribution in [-0.2, 0) is 18.8 Å². The van der Waals surface area contributed by atoms with Crippen molar-refractivity contribution in [3.63, 3.8) is 0 Å². The highest BCUT2D eigenvalue weighted by Gasteiger charge is 2.68. The molecular weight excluding hydrogens is 285 g/mol. The zero-order valence-electron chi connectivity index (χ0n) is 13.5. The van der Waals surface area contributed by atoms with Gasteiger partial charge in [-0.05, 0) is 42.5 Å². The van der Waals surface area contributed by atoms with Crippen molar-refractivity contribution >= 4 is 13.1 Å². The van der Waals surface area contributed by atoms with E-state index in [9.17, 15) is 4.79 Å². The number of rotatable bonds is 4. The summed E-state index contributed by atoms with van der Waals surface area (Å²) < 4.78 is 17.5. The molecule has 7 nitrogen and oxygen atoms in total. The van der Waals surface area contributed by atoms with Crippen molar-refractivity contribution in [3.05, 3.63) is 10.4 Å². The Morgan fingerprint density at radius 1 is 1.50 bits per heavy atom. The molecule has 0 N–H and O–H groups in total. The van der Waals surface area contributed by atoms with E-state index in [-0.39, 0.29) is 23.7 Å². The predicted molar refractivity (Wildman–Crippen MR) is 79.7 cm³/mol. The first kappa shape index (κ1) is 15.7. The largest absolute Gasteiger partial charge is 0.501 e. The van der Waals surface area contributed by atoms with Crippen LogP contribution in [0.25, 0.3) is 10.4 Å². The van der Waals surface area contributed by atoms with Gasteiger partial charge < -0.3 is 14.0 Å². The van der Waals surface area contributed by atoms with E-state index in [2.05, 4.69) is 30.8 Å². The van der Waals surface area contributed by atoms with E-state index in [0.717, 1.165) is 12.8 Å². The molecule has 4 fully saturated rings. The second-order valence-electron chi connectivity index (χ2n) is 7.40. The Balaban J connectivity index is 1.77. The summed E-state index contributed by atoms with van der Waals surface area (Å²) in [6.07, 6.45) is 2.13. The van der Waals surface area contributed by atoms with Gasteiger partial charge in [0.15, 0.2) is 0 Å². The highest BCUT2D eigenvalue weighted by Crippen LogP contribution is 2.65. The molecule has 5 atom stereocenters. The Kier molecular flexibility index (Phi) is 3.66. The number of ether oxygens (including phenoxy) is 1. The molecule has 1 aliphatic heterocycles. The van der Waals surface area contributed by atoms with Crippen molar-refractivity contribution in [1.29, 1.82) is 0 Å². The van der Waals surface area contributed by atoms with Crippen LogP contribution in [0.15, 0.2) is 5.11 Å². The van der Waals surface area contributed by atoms with Crippen LogP contribution in [0.5, 0.6) is 0 Å². The van der Waals surface area contributed by atoms with Crippen molar-refractivity contribution in [2.75, 3.05) is 6.54 Å². The number of hydrogen-bond acceptors (Lipinski definition) is 5. The van der Waals surface area contributed by atoms with Gasteiger partial charge in [0, 0.05) is 11.8 Å². The lowest BCUT2D eigenvalue weighted by Crippen LogP contribution is -2.65. The summed E-state index contributed by atoms with van der Waals surface area (Å²) in [4.78, 5) is 14.0. The van der Waals surface area contributed by atoms with E-state index in [4.69, 9.17) is 19.6 Å². The summed E-state index contributed by atoms with van der Waals surface area (Å²) in [5, 5.41) is 3.51. The van der Waals surface area contributed by atoms with E-state index >= 15 is 0 Å². The maximum Gasteiger partial charge on any atom is 0.501 e. The van der Waals surface area contributed by atoms with Crippen LogP contribution < -0.4 is 0 Å². The Bertz CT molecular complexity index is 532. The molecule has 8 heteroatoms. The third-order valence-electron chi connectivity index (χ3n) is 5.91. The van der Waals surface area contributed by atoms with Crippen LogP contribution in [0.2, 0.25) is 0 Å². The molecule has 0 aromatic rings. The number of carbonyl (C=O) groups excluding carboxylic acids is 1. The number of esters is 1. The molecule has 22 heavy (non-hydrogen) atoms. The fourth-order valence-corrected chi connectivity index (χ4v) is 4.57. The molecule has 1 saturated heterocycles. The molecule has 1 heterocycles. The quantitative estimate of drug-likeness (QED) is 0.262. The number of nitrogens with zero attached hydrogens (tertiary/aromatic N) is 3. The van der Waals surface area contributed by atoms with Crippen LogP contribution in [0.3, 0.4) is 0 Å². The maximum atomic E-state index is 11.3. The molecule has 3 aliphatic carbocycles. The standard InChI is InChI=1S/C14H22BN3O4/c1-8(19)20-12(7-17-18-16)15-21-11-6-9-5-10(13(9,2)3)14(11,4)22-15/h9-12H,5-7H2,1-4H3/t9?,10?,11-,12?,14+/m1/s1. The van der Waals surface area contributed by atoms with Gasteiger partial charge in [0.2, 0.25) is 0 Å². The second kappa shape index (κ2) is 5.15. The minimum atomic E-state index is -0.698. The summed E-state index contributed by atoms with van der Waals surface area (Å²) in [6, 6.07) is -0.698. The first-order valence-electron chi connectivity index (χ1n) is 7.80. The smallest absolute Gasteiger partial charge is 0.465 e. The van der Waals surface area contributed by atoms with Crippen molar-refractivity contribution in [1.82, 2.24) is 0 Å². The van der Waals surface area contributed by atoms with Crippen molar-refractivity contribution in [2.24, 2.45) is 22.4 Å². The summed E-state index contributed by atoms with van der Waals surface area (Å²) in [6.45, 7) is 8.01. The zero-order chi connectivity index (χ0) is 16.1. The summed E-state index contributed by atoms with van der Waals surface area (Å²) in [7, 11) is -0.667. The Morgan fingerprint density at radius 2 is 2.23 bits per heavy atom. The van der Waals surface area contributed by atoms with E-state index in [1.165, 1.54) is 6.92 Å². The monoisotopic (exact) mass is 307 g/mol.